The van der Waals surface area contributed by atoms with Crippen LogP contribution in [0.4, 0.5) is 5.82 Å². The molecule has 3 aromatic rings. The number of nitriles is 1. The lowest BCUT2D eigenvalue weighted by Gasteiger charge is -2.21. The van der Waals surface area contributed by atoms with Crippen LogP contribution in [0.2, 0.25) is 0 Å². The van der Waals surface area contributed by atoms with Crippen LogP contribution in [0.1, 0.15) is 22.7 Å². The Kier molecular flexibility index (Phi) is 5.91. The molecule has 3 rings (SSSR count). The normalized spacial score (nSPS) is 11.3. The van der Waals surface area contributed by atoms with Gasteiger partial charge in [-0.05, 0) is 41.8 Å². The van der Waals surface area contributed by atoms with Gasteiger partial charge >= 0.3 is 0 Å². The summed E-state index contributed by atoms with van der Waals surface area (Å²) in [5.41, 5.74) is 2.80. The average molecular weight is 359 g/mol. The Hall–Kier alpha value is -3.52. The molecule has 0 aliphatic carbocycles. The molecule has 0 amide bonds. The third-order valence-electron chi connectivity index (χ3n) is 4.30. The summed E-state index contributed by atoms with van der Waals surface area (Å²) in [6, 6.07) is 21.8. The van der Waals surface area contributed by atoms with Gasteiger partial charge in [0, 0.05) is 6.20 Å². The summed E-state index contributed by atoms with van der Waals surface area (Å²) in [5.74, 6) is 2.14. The highest BCUT2D eigenvalue weighted by molar-refractivity contribution is 5.45. The monoisotopic (exact) mass is 359 g/mol. The summed E-state index contributed by atoms with van der Waals surface area (Å²) in [6.45, 7) is 0. The zero-order valence-corrected chi connectivity index (χ0v) is 15.3. The summed E-state index contributed by atoms with van der Waals surface area (Å²) >= 11 is 0. The minimum atomic E-state index is 0.0183. The van der Waals surface area contributed by atoms with Gasteiger partial charge in [0.1, 0.15) is 11.9 Å². The van der Waals surface area contributed by atoms with Crippen molar-refractivity contribution in [1.29, 1.82) is 5.26 Å². The van der Waals surface area contributed by atoms with E-state index in [-0.39, 0.29) is 6.04 Å². The molecule has 0 bridgehead atoms. The van der Waals surface area contributed by atoms with Crippen LogP contribution in [-0.2, 0) is 6.42 Å². The topological polar surface area (TPSA) is 67.2 Å². The van der Waals surface area contributed by atoms with Crippen LogP contribution in [0.15, 0.2) is 66.9 Å². The third-order valence-corrected chi connectivity index (χ3v) is 4.30. The van der Waals surface area contributed by atoms with Crippen LogP contribution >= 0.6 is 0 Å². The van der Waals surface area contributed by atoms with Gasteiger partial charge < -0.3 is 14.8 Å². The van der Waals surface area contributed by atoms with Crippen molar-refractivity contribution in [2.75, 3.05) is 19.5 Å². The Morgan fingerprint density at radius 1 is 1.00 bits per heavy atom. The lowest BCUT2D eigenvalue weighted by molar-refractivity contribution is 0.354. The first-order valence-corrected chi connectivity index (χ1v) is 8.62. The molecule has 0 spiro atoms. The second kappa shape index (κ2) is 8.72. The van der Waals surface area contributed by atoms with Crippen molar-refractivity contribution in [2.45, 2.75) is 12.5 Å². The first-order chi connectivity index (χ1) is 13.2. The Balaban J connectivity index is 1.87. The van der Waals surface area contributed by atoms with E-state index in [4.69, 9.17) is 14.7 Å². The SMILES string of the molecule is COc1ccc(CC(Nc2ccc(C#N)cn2)c2ccccc2)cc1OC. The largest absolute Gasteiger partial charge is 0.493 e. The molecular weight excluding hydrogens is 338 g/mol. The number of hydrogen-bond acceptors (Lipinski definition) is 5. The van der Waals surface area contributed by atoms with Crippen LogP contribution in [0.3, 0.4) is 0 Å². The van der Waals surface area contributed by atoms with E-state index < -0.39 is 0 Å². The van der Waals surface area contributed by atoms with Crippen molar-refractivity contribution in [3.05, 3.63) is 83.6 Å². The number of anilines is 1. The smallest absolute Gasteiger partial charge is 0.160 e. The molecule has 1 atom stereocenters. The number of aromatic nitrogens is 1. The molecule has 27 heavy (non-hydrogen) atoms. The zero-order valence-electron chi connectivity index (χ0n) is 15.3. The Bertz CT molecular complexity index is 919. The van der Waals surface area contributed by atoms with Crippen molar-refractivity contribution in [3.8, 4) is 17.6 Å². The number of hydrogen-bond donors (Lipinski definition) is 1. The molecule has 0 aliphatic heterocycles. The molecule has 2 aromatic carbocycles. The summed E-state index contributed by atoms with van der Waals surface area (Å²) < 4.78 is 10.7. The molecule has 5 heteroatoms. The van der Waals surface area contributed by atoms with Gasteiger partial charge in [0.05, 0.1) is 25.8 Å². The minimum Gasteiger partial charge on any atom is -0.493 e. The molecule has 0 aliphatic rings. The highest BCUT2D eigenvalue weighted by Gasteiger charge is 2.14. The first kappa shape index (κ1) is 18.3. The van der Waals surface area contributed by atoms with Gasteiger partial charge in [-0.15, -0.1) is 0 Å². The molecule has 1 N–H and O–H groups in total. The highest BCUT2D eigenvalue weighted by Crippen LogP contribution is 2.30. The van der Waals surface area contributed by atoms with Crippen LogP contribution < -0.4 is 14.8 Å². The molecular formula is C22H21N3O2. The fourth-order valence-corrected chi connectivity index (χ4v) is 2.90. The summed E-state index contributed by atoms with van der Waals surface area (Å²) in [6.07, 6.45) is 2.31. The maximum atomic E-state index is 8.94. The van der Waals surface area contributed by atoms with E-state index in [9.17, 15) is 0 Å². The second-order valence-corrected chi connectivity index (χ2v) is 6.04. The van der Waals surface area contributed by atoms with Gasteiger partial charge in [-0.25, -0.2) is 4.98 Å². The molecule has 136 valence electrons. The number of benzene rings is 2. The molecule has 5 nitrogen and oxygen atoms in total. The van der Waals surface area contributed by atoms with Crippen LogP contribution in [0.25, 0.3) is 0 Å². The van der Waals surface area contributed by atoms with Gasteiger partial charge in [-0.1, -0.05) is 36.4 Å². The van der Waals surface area contributed by atoms with Gasteiger partial charge in [-0.3, -0.25) is 0 Å². The standard InChI is InChI=1S/C22H21N3O2/c1-26-20-10-8-16(13-21(20)27-2)12-19(18-6-4-3-5-7-18)25-22-11-9-17(14-23)15-24-22/h3-11,13,15,19H,12H2,1-2H3,(H,24,25). The fourth-order valence-electron chi connectivity index (χ4n) is 2.90. The van der Waals surface area contributed by atoms with Crippen molar-refractivity contribution in [2.24, 2.45) is 0 Å². The zero-order chi connectivity index (χ0) is 19.1. The molecule has 0 fully saturated rings. The summed E-state index contributed by atoms with van der Waals surface area (Å²) in [7, 11) is 3.26. The number of pyridine rings is 1. The minimum absolute atomic E-state index is 0.0183. The van der Waals surface area contributed by atoms with Crippen LogP contribution in [-0.4, -0.2) is 19.2 Å². The van der Waals surface area contributed by atoms with Crippen molar-refractivity contribution < 1.29 is 9.47 Å². The molecule has 0 saturated heterocycles. The molecule has 0 radical (unpaired) electrons. The predicted molar refractivity (Wildman–Crippen MR) is 105 cm³/mol. The van der Waals surface area contributed by atoms with E-state index in [1.54, 1.807) is 26.5 Å². The number of methoxy groups -OCH3 is 2. The Morgan fingerprint density at radius 3 is 2.41 bits per heavy atom. The maximum absolute atomic E-state index is 8.94. The number of ether oxygens (including phenoxy) is 2. The van der Waals surface area contributed by atoms with Gasteiger partial charge in [0.2, 0.25) is 0 Å². The average Bonchev–Trinajstić information content (AvgIpc) is 2.74. The molecule has 0 saturated carbocycles. The summed E-state index contributed by atoms with van der Waals surface area (Å²) in [4.78, 5) is 4.34. The number of nitrogens with one attached hydrogen (secondary N) is 1. The predicted octanol–water partition coefficient (Wildman–Crippen LogP) is 4.37. The van der Waals surface area contributed by atoms with E-state index in [0.717, 1.165) is 23.4 Å². The van der Waals surface area contributed by atoms with E-state index in [1.165, 1.54) is 0 Å². The van der Waals surface area contributed by atoms with Gasteiger partial charge in [0.25, 0.3) is 0 Å². The number of rotatable bonds is 7. The van der Waals surface area contributed by atoms with E-state index in [1.807, 2.05) is 42.5 Å². The Morgan fingerprint density at radius 2 is 1.78 bits per heavy atom. The summed E-state index contributed by atoms with van der Waals surface area (Å²) in [5, 5.41) is 12.4. The lowest BCUT2D eigenvalue weighted by atomic mass is 9.98. The Labute approximate surface area is 159 Å². The van der Waals surface area contributed by atoms with Crippen molar-refractivity contribution in [3.63, 3.8) is 0 Å². The van der Waals surface area contributed by atoms with Crippen LogP contribution in [0.5, 0.6) is 11.5 Å². The van der Waals surface area contributed by atoms with Gasteiger partial charge in [0.15, 0.2) is 11.5 Å². The van der Waals surface area contributed by atoms with Gasteiger partial charge in [-0.2, -0.15) is 5.26 Å². The fraction of sp³-hybridized carbons (Fsp3) is 0.182. The molecule has 1 unspecified atom stereocenters. The van der Waals surface area contributed by atoms with Crippen molar-refractivity contribution in [1.82, 2.24) is 4.98 Å². The highest BCUT2D eigenvalue weighted by atomic mass is 16.5. The quantitative estimate of drug-likeness (QED) is 0.679. The maximum Gasteiger partial charge on any atom is 0.160 e. The van der Waals surface area contributed by atoms with E-state index in [2.05, 4.69) is 28.5 Å². The van der Waals surface area contributed by atoms with Crippen molar-refractivity contribution >= 4 is 5.82 Å². The molecule has 1 heterocycles. The molecule has 1 aromatic heterocycles. The second-order valence-electron chi connectivity index (χ2n) is 6.04. The van der Waals surface area contributed by atoms with Crippen LogP contribution in [0, 0.1) is 11.3 Å². The number of nitrogens with zero attached hydrogens (tertiary/aromatic N) is 2. The van der Waals surface area contributed by atoms with E-state index in [0.29, 0.717) is 17.1 Å². The lowest BCUT2D eigenvalue weighted by Crippen LogP contribution is -2.14. The first-order valence-electron chi connectivity index (χ1n) is 8.62. The third kappa shape index (κ3) is 4.56. The van der Waals surface area contributed by atoms with E-state index >= 15 is 0 Å².